The molecule has 3 rings (SSSR count). The van der Waals surface area contributed by atoms with Gasteiger partial charge in [-0.1, -0.05) is 26.0 Å². The van der Waals surface area contributed by atoms with E-state index in [2.05, 4.69) is 30.1 Å². The summed E-state index contributed by atoms with van der Waals surface area (Å²) in [5, 5.41) is 2.92. The lowest BCUT2D eigenvalue weighted by molar-refractivity contribution is -0.153. The van der Waals surface area contributed by atoms with Gasteiger partial charge in [0.1, 0.15) is 17.8 Å². The molecule has 0 spiro atoms. The van der Waals surface area contributed by atoms with Crippen LogP contribution in [0.25, 0.3) is 0 Å². The second-order valence-electron chi connectivity index (χ2n) is 7.32. The molecule has 6 heteroatoms. The zero-order chi connectivity index (χ0) is 18.0. The van der Waals surface area contributed by atoms with Gasteiger partial charge in [0.15, 0.2) is 0 Å². The molecule has 2 heterocycles. The third-order valence-electron chi connectivity index (χ3n) is 4.91. The standard InChI is InChI=1S/C19H27N3O3/c1-13(2)9-16-19(24)22-8-7-21(12-17(22)18(23)20-16)11-14-5-4-6-15(10-14)25-3/h4-6,10,13,16-17H,7-9,11-12H2,1-3H3,(H,20,23)/t16-,17+/m0/s1. The Labute approximate surface area is 149 Å². The van der Waals surface area contributed by atoms with Crippen molar-refractivity contribution in [3.8, 4) is 5.75 Å². The average molecular weight is 345 g/mol. The van der Waals surface area contributed by atoms with Crippen molar-refractivity contribution in [2.24, 2.45) is 5.92 Å². The summed E-state index contributed by atoms with van der Waals surface area (Å²) in [6.45, 7) is 6.84. The van der Waals surface area contributed by atoms with Gasteiger partial charge < -0.3 is 15.0 Å². The Hall–Kier alpha value is -2.08. The number of nitrogens with zero attached hydrogens (tertiary/aromatic N) is 2. The number of hydrogen-bond donors (Lipinski definition) is 1. The number of amides is 2. The summed E-state index contributed by atoms with van der Waals surface area (Å²) >= 11 is 0. The van der Waals surface area contributed by atoms with E-state index >= 15 is 0 Å². The highest BCUT2D eigenvalue weighted by Crippen LogP contribution is 2.21. The second kappa shape index (κ2) is 7.44. The number of nitrogens with one attached hydrogen (secondary N) is 1. The van der Waals surface area contributed by atoms with Crippen LogP contribution < -0.4 is 10.1 Å². The van der Waals surface area contributed by atoms with E-state index in [9.17, 15) is 9.59 Å². The van der Waals surface area contributed by atoms with Crippen LogP contribution in [0, 0.1) is 5.92 Å². The van der Waals surface area contributed by atoms with Gasteiger partial charge in [0.25, 0.3) is 0 Å². The largest absolute Gasteiger partial charge is 0.497 e. The summed E-state index contributed by atoms with van der Waals surface area (Å²) in [6, 6.07) is 7.21. The number of fused-ring (bicyclic) bond motifs is 1. The van der Waals surface area contributed by atoms with E-state index in [1.165, 1.54) is 0 Å². The minimum atomic E-state index is -0.379. The first-order chi connectivity index (χ1) is 12.0. The maximum absolute atomic E-state index is 12.7. The number of piperazine rings is 2. The molecule has 0 saturated carbocycles. The fourth-order valence-electron chi connectivity index (χ4n) is 3.66. The normalized spacial score (nSPS) is 24.2. The zero-order valence-corrected chi connectivity index (χ0v) is 15.2. The highest BCUT2D eigenvalue weighted by atomic mass is 16.5. The number of carbonyl (C=O) groups excluding carboxylic acids is 2. The number of methoxy groups -OCH3 is 1. The van der Waals surface area contributed by atoms with Crippen LogP contribution in [0.15, 0.2) is 24.3 Å². The SMILES string of the molecule is COc1cccc(CN2CCN3C(=O)[C@H](CC(C)C)NC(=O)[C@H]3C2)c1. The molecule has 2 amide bonds. The molecule has 0 unspecified atom stereocenters. The first-order valence-electron chi connectivity index (χ1n) is 8.94. The average Bonchev–Trinajstić information content (AvgIpc) is 2.59. The molecular weight excluding hydrogens is 318 g/mol. The Morgan fingerprint density at radius 3 is 2.80 bits per heavy atom. The molecule has 2 aliphatic rings. The maximum atomic E-state index is 12.7. The van der Waals surface area contributed by atoms with Crippen LogP contribution in [0.4, 0.5) is 0 Å². The lowest BCUT2D eigenvalue weighted by Crippen LogP contribution is -2.69. The summed E-state index contributed by atoms with van der Waals surface area (Å²) in [4.78, 5) is 29.2. The second-order valence-corrected chi connectivity index (χ2v) is 7.32. The van der Waals surface area contributed by atoms with E-state index in [-0.39, 0.29) is 23.9 Å². The molecule has 2 aliphatic heterocycles. The van der Waals surface area contributed by atoms with Crippen molar-refractivity contribution in [3.63, 3.8) is 0 Å². The Balaban J connectivity index is 1.65. The van der Waals surface area contributed by atoms with E-state index in [1.807, 2.05) is 18.2 Å². The van der Waals surface area contributed by atoms with Crippen LogP contribution in [0.2, 0.25) is 0 Å². The van der Waals surface area contributed by atoms with Crippen LogP contribution in [0.1, 0.15) is 25.8 Å². The molecule has 25 heavy (non-hydrogen) atoms. The van der Waals surface area contributed by atoms with Crippen molar-refractivity contribution in [2.75, 3.05) is 26.7 Å². The molecule has 0 radical (unpaired) electrons. The number of carbonyl (C=O) groups is 2. The van der Waals surface area contributed by atoms with Crippen molar-refractivity contribution in [1.29, 1.82) is 0 Å². The number of rotatable bonds is 5. The van der Waals surface area contributed by atoms with Crippen molar-refractivity contribution in [1.82, 2.24) is 15.1 Å². The molecule has 0 aromatic heterocycles. The third kappa shape index (κ3) is 3.95. The summed E-state index contributed by atoms with van der Waals surface area (Å²) < 4.78 is 5.27. The number of hydrogen-bond acceptors (Lipinski definition) is 4. The van der Waals surface area contributed by atoms with Gasteiger partial charge in [-0.05, 0) is 30.0 Å². The molecule has 0 aliphatic carbocycles. The lowest BCUT2D eigenvalue weighted by atomic mass is 9.97. The number of benzene rings is 1. The van der Waals surface area contributed by atoms with Crippen LogP contribution in [-0.4, -0.2) is 60.4 Å². The van der Waals surface area contributed by atoms with Crippen LogP contribution in [0.3, 0.4) is 0 Å². The predicted octanol–water partition coefficient (Wildman–Crippen LogP) is 1.25. The quantitative estimate of drug-likeness (QED) is 0.873. The van der Waals surface area contributed by atoms with Crippen LogP contribution in [-0.2, 0) is 16.1 Å². The minimum Gasteiger partial charge on any atom is -0.497 e. The van der Waals surface area contributed by atoms with E-state index < -0.39 is 0 Å². The molecule has 2 fully saturated rings. The summed E-state index contributed by atoms with van der Waals surface area (Å²) in [5.41, 5.74) is 1.15. The fraction of sp³-hybridized carbons (Fsp3) is 0.579. The molecule has 136 valence electrons. The summed E-state index contributed by atoms with van der Waals surface area (Å²) in [7, 11) is 1.66. The van der Waals surface area contributed by atoms with Crippen molar-refractivity contribution in [2.45, 2.75) is 38.9 Å². The van der Waals surface area contributed by atoms with Gasteiger partial charge in [-0.2, -0.15) is 0 Å². The summed E-state index contributed by atoms with van der Waals surface area (Å²) in [6.07, 6.45) is 0.696. The first-order valence-corrected chi connectivity index (χ1v) is 8.94. The topological polar surface area (TPSA) is 61.9 Å². The van der Waals surface area contributed by atoms with Gasteiger partial charge in [0.05, 0.1) is 7.11 Å². The van der Waals surface area contributed by atoms with Gasteiger partial charge in [0.2, 0.25) is 11.8 Å². The van der Waals surface area contributed by atoms with Crippen LogP contribution in [0.5, 0.6) is 5.75 Å². The smallest absolute Gasteiger partial charge is 0.245 e. The highest BCUT2D eigenvalue weighted by Gasteiger charge is 2.43. The van der Waals surface area contributed by atoms with Crippen molar-refractivity contribution < 1.29 is 14.3 Å². The van der Waals surface area contributed by atoms with Gasteiger partial charge in [-0.15, -0.1) is 0 Å². The van der Waals surface area contributed by atoms with Crippen LogP contribution >= 0.6 is 0 Å². The van der Waals surface area contributed by atoms with Gasteiger partial charge in [-0.3, -0.25) is 14.5 Å². The van der Waals surface area contributed by atoms with E-state index in [1.54, 1.807) is 12.0 Å². The summed E-state index contributed by atoms with van der Waals surface area (Å²) in [5.74, 6) is 1.25. The van der Waals surface area contributed by atoms with E-state index in [0.717, 1.165) is 24.4 Å². The Bertz CT molecular complexity index is 647. The van der Waals surface area contributed by atoms with Gasteiger partial charge >= 0.3 is 0 Å². The highest BCUT2D eigenvalue weighted by molar-refractivity contribution is 5.97. The molecule has 0 bridgehead atoms. The molecule has 2 saturated heterocycles. The van der Waals surface area contributed by atoms with E-state index in [0.29, 0.717) is 25.4 Å². The van der Waals surface area contributed by atoms with Crippen molar-refractivity contribution >= 4 is 11.8 Å². The molecule has 2 atom stereocenters. The Morgan fingerprint density at radius 1 is 1.28 bits per heavy atom. The molecule has 1 aromatic rings. The predicted molar refractivity (Wildman–Crippen MR) is 95.2 cm³/mol. The maximum Gasteiger partial charge on any atom is 0.245 e. The number of ether oxygens (including phenoxy) is 1. The monoisotopic (exact) mass is 345 g/mol. The molecular formula is C19H27N3O3. The van der Waals surface area contributed by atoms with Gasteiger partial charge in [-0.25, -0.2) is 0 Å². The third-order valence-corrected chi connectivity index (χ3v) is 4.91. The zero-order valence-electron chi connectivity index (χ0n) is 15.2. The molecule has 6 nitrogen and oxygen atoms in total. The van der Waals surface area contributed by atoms with E-state index in [4.69, 9.17) is 4.74 Å². The Morgan fingerprint density at radius 2 is 2.08 bits per heavy atom. The van der Waals surface area contributed by atoms with Crippen molar-refractivity contribution in [3.05, 3.63) is 29.8 Å². The Kier molecular flexibility index (Phi) is 5.27. The lowest BCUT2D eigenvalue weighted by Gasteiger charge is -2.45. The molecule has 1 aromatic carbocycles. The fourth-order valence-corrected chi connectivity index (χ4v) is 3.66. The first kappa shape index (κ1) is 17.7. The molecule has 1 N–H and O–H groups in total. The van der Waals surface area contributed by atoms with Gasteiger partial charge in [0, 0.05) is 26.2 Å². The minimum absolute atomic E-state index is 0.0272.